The quantitative estimate of drug-likeness (QED) is 0.711. The number of aromatic nitrogens is 4. The molecule has 2 aromatic heterocycles. The number of aromatic carboxylic acids is 1. The van der Waals surface area contributed by atoms with Gasteiger partial charge in [0.2, 0.25) is 0 Å². The van der Waals surface area contributed by atoms with Crippen LogP contribution in [0.15, 0.2) is 24.9 Å². The van der Waals surface area contributed by atoms with E-state index in [1.54, 1.807) is 0 Å². The average Bonchev–Trinajstić information content (AvgIpc) is 2.70. The van der Waals surface area contributed by atoms with Crippen LogP contribution in [0.3, 0.4) is 0 Å². The standard InChI is InChI=1S/C8H7N5O2/c9-6-1-5(8(14)15)2-11-7(6)13-4-10-3-12-13/h1-4H,9H2,(H,14,15). The summed E-state index contributed by atoms with van der Waals surface area (Å²) in [5.41, 5.74) is 5.91. The number of nitrogens with zero attached hydrogens (tertiary/aromatic N) is 4. The lowest BCUT2D eigenvalue weighted by molar-refractivity contribution is 0.0696. The Morgan fingerprint density at radius 1 is 1.53 bits per heavy atom. The number of anilines is 1. The lowest BCUT2D eigenvalue weighted by atomic mass is 10.2. The molecule has 0 aliphatic rings. The molecule has 0 unspecified atom stereocenters. The first kappa shape index (κ1) is 9.13. The van der Waals surface area contributed by atoms with Crippen molar-refractivity contribution in [1.29, 1.82) is 0 Å². The van der Waals surface area contributed by atoms with E-state index in [0.717, 1.165) is 0 Å². The van der Waals surface area contributed by atoms with Crippen LogP contribution in [-0.2, 0) is 0 Å². The van der Waals surface area contributed by atoms with Gasteiger partial charge in [-0.1, -0.05) is 0 Å². The van der Waals surface area contributed by atoms with Crippen molar-refractivity contribution in [2.45, 2.75) is 0 Å². The molecule has 0 aliphatic heterocycles. The Hall–Kier alpha value is -2.44. The molecule has 7 heteroatoms. The second kappa shape index (κ2) is 3.37. The van der Waals surface area contributed by atoms with Crippen molar-refractivity contribution in [3.63, 3.8) is 0 Å². The Labute approximate surface area is 84.2 Å². The number of hydrogen-bond acceptors (Lipinski definition) is 5. The van der Waals surface area contributed by atoms with Gasteiger partial charge in [-0.3, -0.25) is 0 Å². The molecule has 0 aliphatic carbocycles. The van der Waals surface area contributed by atoms with Gasteiger partial charge in [0, 0.05) is 6.20 Å². The van der Waals surface area contributed by atoms with E-state index in [0.29, 0.717) is 5.82 Å². The highest BCUT2D eigenvalue weighted by molar-refractivity contribution is 5.88. The van der Waals surface area contributed by atoms with Crippen LogP contribution in [0.4, 0.5) is 5.69 Å². The predicted octanol–water partition coefficient (Wildman–Crippen LogP) is -0.0573. The van der Waals surface area contributed by atoms with E-state index >= 15 is 0 Å². The van der Waals surface area contributed by atoms with Gasteiger partial charge in [0.25, 0.3) is 0 Å². The zero-order valence-corrected chi connectivity index (χ0v) is 7.53. The number of rotatable bonds is 2. The number of carboxylic acids is 1. The molecular formula is C8H7N5O2. The minimum Gasteiger partial charge on any atom is -0.478 e. The van der Waals surface area contributed by atoms with Gasteiger partial charge < -0.3 is 10.8 Å². The van der Waals surface area contributed by atoms with Crippen molar-refractivity contribution in [2.24, 2.45) is 0 Å². The smallest absolute Gasteiger partial charge is 0.337 e. The van der Waals surface area contributed by atoms with Crippen LogP contribution in [0, 0.1) is 0 Å². The Kier molecular flexibility index (Phi) is 2.05. The second-order valence-corrected chi connectivity index (χ2v) is 2.78. The van der Waals surface area contributed by atoms with Gasteiger partial charge in [0.1, 0.15) is 12.7 Å². The number of nitrogens with two attached hydrogens (primary N) is 1. The van der Waals surface area contributed by atoms with Crippen LogP contribution >= 0.6 is 0 Å². The maximum Gasteiger partial charge on any atom is 0.337 e. The molecule has 0 saturated carbocycles. The third kappa shape index (κ3) is 1.62. The van der Waals surface area contributed by atoms with Crippen LogP contribution < -0.4 is 5.73 Å². The van der Waals surface area contributed by atoms with Gasteiger partial charge in [0.15, 0.2) is 5.82 Å². The number of pyridine rings is 1. The van der Waals surface area contributed by atoms with Gasteiger partial charge in [0.05, 0.1) is 11.3 Å². The fourth-order valence-corrected chi connectivity index (χ4v) is 1.10. The monoisotopic (exact) mass is 205 g/mol. The summed E-state index contributed by atoms with van der Waals surface area (Å²) >= 11 is 0. The van der Waals surface area contributed by atoms with Crippen molar-refractivity contribution in [3.8, 4) is 5.82 Å². The third-order valence-electron chi connectivity index (χ3n) is 1.78. The normalized spacial score (nSPS) is 10.1. The predicted molar refractivity (Wildman–Crippen MR) is 50.5 cm³/mol. The lowest BCUT2D eigenvalue weighted by Gasteiger charge is -2.03. The summed E-state index contributed by atoms with van der Waals surface area (Å²) in [7, 11) is 0. The third-order valence-corrected chi connectivity index (χ3v) is 1.78. The number of nitrogen functional groups attached to an aromatic ring is 1. The van der Waals surface area contributed by atoms with Crippen molar-refractivity contribution in [2.75, 3.05) is 5.73 Å². The molecule has 0 amide bonds. The summed E-state index contributed by atoms with van der Waals surface area (Å²) in [4.78, 5) is 18.3. The molecule has 15 heavy (non-hydrogen) atoms. The van der Waals surface area contributed by atoms with E-state index in [1.807, 2.05) is 0 Å². The van der Waals surface area contributed by atoms with E-state index in [2.05, 4.69) is 15.1 Å². The molecule has 2 aromatic rings. The minimum atomic E-state index is -1.07. The highest BCUT2D eigenvalue weighted by Crippen LogP contribution is 2.14. The molecule has 3 N–H and O–H groups in total. The fraction of sp³-hybridized carbons (Fsp3) is 0. The number of hydrogen-bond donors (Lipinski definition) is 2. The Morgan fingerprint density at radius 2 is 2.33 bits per heavy atom. The average molecular weight is 205 g/mol. The molecule has 0 fully saturated rings. The zero-order valence-electron chi connectivity index (χ0n) is 7.53. The van der Waals surface area contributed by atoms with Gasteiger partial charge in [-0.15, -0.1) is 0 Å². The van der Waals surface area contributed by atoms with E-state index in [1.165, 1.54) is 29.6 Å². The zero-order chi connectivity index (χ0) is 10.8. The Morgan fingerprint density at radius 3 is 2.87 bits per heavy atom. The molecule has 0 bridgehead atoms. The van der Waals surface area contributed by atoms with Crippen LogP contribution in [0.1, 0.15) is 10.4 Å². The van der Waals surface area contributed by atoms with Crippen LogP contribution in [0.5, 0.6) is 0 Å². The summed E-state index contributed by atoms with van der Waals surface area (Å²) < 4.78 is 1.36. The van der Waals surface area contributed by atoms with Crippen molar-refractivity contribution in [1.82, 2.24) is 19.7 Å². The van der Waals surface area contributed by atoms with Gasteiger partial charge >= 0.3 is 5.97 Å². The molecule has 0 atom stereocenters. The SMILES string of the molecule is Nc1cc(C(=O)O)cnc1-n1cncn1. The Bertz CT molecular complexity index is 494. The number of carboxylic acid groups (broad SMARTS) is 1. The van der Waals surface area contributed by atoms with Crippen molar-refractivity contribution in [3.05, 3.63) is 30.5 Å². The van der Waals surface area contributed by atoms with Gasteiger partial charge in [-0.2, -0.15) is 5.10 Å². The van der Waals surface area contributed by atoms with Gasteiger partial charge in [-0.25, -0.2) is 19.4 Å². The van der Waals surface area contributed by atoms with Crippen LogP contribution in [-0.4, -0.2) is 30.8 Å². The topological polar surface area (TPSA) is 107 Å². The summed E-state index contributed by atoms with van der Waals surface area (Å²) in [6.07, 6.45) is 3.99. The molecule has 76 valence electrons. The molecule has 7 nitrogen and oxygen atoms in total. The van der Waals surface area contributed by atoms with E-state index in [4.69, 9.17) is 10.8 Å². The van der Waals surface area contributed by atoms with Crippen LogP contribution in [0.2, 0.25) is 0 Å². The van der Waals surface area contributed by atoms with Crippen LogP contribution in [0.25, 0.3) is 5.82 Å². The van der Waals surface area contributed by atoms with Crippen molar-refractivity contribution >= 4 is 11.7 Å². The highest BCUT2D eigenvalue weighted by atomic mass is 16.4. The highest BCUT2D eigenvalue weighted by Gasteiger charge is 2.09. The summed E-state index contributed by atoms with van der Waals surface area (Å²) in [6.45, 7) is 0. The van der Waals surface area contributed by atoms with E-state index in [-0.39, 0.29) is 11.3 Å². The first-order valence-electron chi connectivity index (χ1n) is 4.02. The molecular weight excluding hydrogens is 198 g/mol. The van der Waals surface area contributed by atoms with E-state index < -0.39 is 5.97 Å². The lowest BCUT2D eigenvalue weighted by Crippen LogP contribution is -2.06. The molecule has 2 heterocycles. The maximum atomic E-state index is 10.6. The second-order valence-electron chi connectivity index (χ2n) is 2.78. The molecule has 2 rings (SSSR count). The summed E-state index contributed by atoms with van der Waals surface area (Å²) in [5.74, 6) is -0.711. The van der Waals surface area contributed by atoms with Crippen molar-refractivity contribution < 1.29 is 9.90 Å². The van der Waals surface area contributed by atoms with Gasteiger partial charge in [-0.05, 0) is 6.07 Å². The molecule has 0 saturated heterocycles. The first-order chi connectivity index (χ1) is 7.18. The minimum absolute atomic E-state index is 0.0383. The summed E-state index contributed by atoms with van der Waals surface area (Å²) in [6, 6.07) is 1.33. The largest absolute Gasteiger partial charge is 0.478 e. The maximum absolute atomic E-state index is 10.6. The Balaban J connectivity index is 2.48. The molecule has 0 aromatic carbocycles. The first-order valence-corrected chi connectivity index (χ1v) is 4.02. The fourth-order valence-electron chi connectivity index (χ4n) is 1.10. The van der Waals surface area contributed by atoms with E-state index in [9.17, 15) is 4.79 Å². The molecule has 0 spiro atoms. The molecule has 0 radical (unpaired) electrons. The number of carbonyl (C=O) groups is 1. The summed E-state index contributed by atoms with van der Waals surface area (Å²) in [5, 5.41) is 12.5.